The first kappa shape index (κ1) is 18.1. The summed E-state index contributed by atoms with van der Waals surface area (Å²) in [6.07, 6.45) is 0.358. The Labute approximate surface area is 176 Å². The zero-order valence-corrected chi connectivity index (χ0v) is 17.3. The molecule has 3 heterocycles. The number of carbonyl (C=O) groups excluding carboxylic acids is 1. The Bertz CT molecular complexity index is 1260. The maximum Gasteiger partial charge on any atom is 0.226 e. The molecule has 2 aromatic heterocycles. The minimum Gasteiger partial charge on any atom is -0.497 e. The van der Waals surface area contributed by atoms with Crippen molar-refractivity contribution >= 4 is 44.9 Å². The number of aromatic nitrogens is 3. The van der Waals surface area contributed by atoms with Crippen LogP contribution in [0.1, 0.15) is 29.2 Å². The van der Waals surface area contributed by atoms with E-state index in [-0.39, 0.29) is 11.8 Å². The summed E-state index contributed by atoms with van der Waals surface area (Å²) in [5, 5.41) is 9.07. The van der Waals surface area contributed by atoms with Gasteiger partial charge in [-0.3, -0.25) is 4.79 Å². The van der Waals surface area contributed by atoms with Crippen molar-refractivity contribution in [1.29, 1.82) is 0 Å². The third-order valence-corrected chi connectivity index (χ3v) is 6.35. The SMILES string of the molecule is COc1ccc2nc(-n3nc(C)c4c3NC(=O)C[C@H]4c3cccc(Cl)c3)sc2c1. The second kappa shape index (κ2) is 6.86. The lowest BCUT2D eigenvalue weighted by atomic mass is 9.86. The average Bonchev–Trinajstić information content (AvgIpc) is 3.27. The Hall–Kier alpha value is -2.90. The lowest BCUT2D eigenvalue weighted by Gasteiger charge is -2.24. The average molecular weight is 425 g/mol. The number of rotatable bonds is 3. The molecule has 1 aliphatic heterocycles. The van der Waals surface area contributed by atoms with Crippen molar-refractivity contribution in [3.8, 4) is 10.9 Å². The van der Waals surface area contributed by atoms with E-state index >= 15 is 0 Å². The van der Waals surface area contributed by atoms with Crippen LogP contribution in [0.4, 0.5) is 5.82 Å². The molecule has 6 nitrogen and oxygen atoms in total. The normalized spacial score (nSPS) is 16.0. The first-order valence-electron chi connectivity index (χ1n) is 9.13. The molecule has 0 spiro atoms. The van der Waals surface area contributed by atoms with Crippen molar-refractivity contribution in [2.75, 3.05) is 12.4 Å². The fraction of sp³-hybridized carbons (Fsp3) is 0.190. The first-order chi connectivity index (χ1) is 14.0. The van der Waals surface area contributed by atoms with Gasteiger partial charge in [-0.15, -0.1) is 0 Å². The molecule has 0 aliphatic carbocycles. The maximum atomic E-state index is 12.5. The Kier molecular flexibility index (Phi) is 4.29. The number of nitrogens with one attached hydrogen (secondary N) is 1. The third-order valence-electron chi connectivity index (χ3n) is 5.12. The molecule has 8 heteroatoms. The zero-order valence-electron chi connectivity index (χ0n) is 15.8. The topological polar surface area (TPSA) is 69.0 Å². The Morgan fingerprint density at radius 3 is 2.93 bits per heavy atom. The van der Waals surface area contributed by atoms with E-state index in [0.717, 1.165) is 32.8 Å². The maximum absolute atomic E-state index is 12.5. The summed E-state index contributed by atoms with van der Waals surface area (Å²) < 4.78 is 8.04. The highest BCUT2D eigenvalue weighted by Crippen LogP contribution is 2.41. The van der Waals surface area contributed by atoms with E-state index in [2.05, 4.69) is 5.32 Å². The number of benzene rings is 2. The van der Waals surface area contributed by atoms with Crippen LogP contribution < -0.4 is 10.1 Å². The van der Waals surface area contributed by atoms with Crippen LogP contribution in [0.25, 0.3) is 15.3 Å². The Morgan fingerprint density at radius 2 is 2.14 bits per heavy atom. The highest BCUT2D eigenvalue weighted by Gasteiger charge is 2.33. The number of aryl methyl sites for hydroxylation is 1. The van der Waals surface area contributed by atoms with E-state index in [1.807, 2.05) is 49.4 Å². The van der Waals surface area contributed by atoms with Gasteiger partial charge in [-0.1, -0.05) is 35.1 Å². The van der Waals surface area contributed by atoms with Gasteiger partial charge >= 0.3 is 0 Å². The van der Waals surface area contributed by atoms with Gasteiger partial charge < -0.3 is 10.1 Å². The molecule has 1 amide bonds. The van der Waals surface area contributed by atoms with Crippen LogP contribution in [-0.2, 0) is 4.79 Å². The van der Waals surface area contributed by atoms with E-state index in [0.29, 0.717) is 22.4 Å². The standard InChI is InChI=1S/C21H17ClN4O2S/c1-11-19-15(12-4-3-5-13(22)8-12)10-18(27)24-20(19)26(25-11)21-23-16-7-6-14(28-2)9-17(16)29-21/h3-9,15H,10H2,1-2H3,(H,24,27)/t15-/m0/s1. The summed E-state index contributed by atoms with van der Waals surface area (Å²) in [5.41, 5.74) is 3.73. The van der Waals surface area contributed by atoms with Gasteiger partial charge in [0.15, 0.2) is 0 Å². The lowest BCUT2D eigenvalue weighted by molar-refractivity contribution is -0.116. The predicted octanol–water partition coefficient (Wildman–Crippen LogP) is 4.93. The largest absolute Gasteiger partial charge is 0.497 e. The molecule has 1 N–H and O–H groups in total. The Morgan fingerprint density at radius 1 is 1.28 bits per heavy atom. The van der Waals surface area contributed by atoms with Crippen LogP contribution >= 0.6 is 22.9 Å². The van der Waals surface area contributed by atoms with Gasteiger partial charge in [-0.2, -0.15) is 9.78 Å². The number of hydrogen-bond donors (Lipinski definition) is 1. The fourth-order valence-corrected chi connectivity index (χ4v) is 4.96. The van der Waals surface area contributed by atoms with Crippen LogP contribution in [0.5, 0.6) is 5.75 Å². The molecule has 1 aliphatic rings. The molecule has 146 valence electrons. The number of methoxy groups -OCH3 is 1. The Balaban J connectivity index is 1.66. The smallest absolute Gasteiger partial charge is 0.226 e. The number of anilines is 1. The van der Waals surface area contributed by atoms with Crippen molar-refractivity contribution in [1.82, 2.24) is 14.8 Å². The second-order valence-corrected chi connectivity index (χ2v) is 8.40. The number of nitrogens with zero attached hydrogens (tertiary/aromatic N) is 3. The number of ether oxygens (including phenoxy) is 1. The molecule has 4 aromatic rings. The minimum atomic E-state index is -0.0966. The van der Waals surface area contributed by atoms with E-state index in [1.165, 1.54) is 11.3 Å². The van der Waals surface area contributed by atoms with Gasteiger partial charge in [-0.05, 0) is 42.8 Å². The zero-order chi connectivity index (χ0) is 20.1. The lowest BCUT2D eigenvalue weighted by Crippen LogP contribution is -2.24. The predicted molar refractivity (Wildman–Crippen MR) is 115 cm³/mol. The summed E-state index contributed by atoms with van der Waals surface area (Å²) in [5.74, 6) is 1.31. The summed E-state index contributed by atoms with van der Waals surface area (Å²) in [7, 11) is 1.64. The molecule has 0 saturated heterocycles. The van der Waals surface area contributed by atoms with Crippen LogP contribution in [0.2, 0.25) is 5.02 Å². The molecule has 29 heavy (non-hydrogen) atoms. The summed E-state index contributed by atoms with van der Waals surface area (Å²) >= 11 is 7.70. The van der Waals surface area contributed by atoms with E-state index < -0.39 is 0 Å². The summed E-state index contributed by atoms with van der Waals surface area (Å²) in [6.45, 7) is 1.96. The van der Waals surface area contributed by atoms with Gasteiger partial charge in [-0.25, -0.2) is 4.98 Å². The van der Waals surface area contributed by atoms with Crippen molar-refractivity contribution < 1.29 is 9.53 Å². The molecule has 5 rings (SSSR count). The van der Waals surface area contributed by atoms with Crippen molar-refractivity contribution in [3.05, 3.63) is 64.3 Å². The first-order valence-corrected chi connectivity index (χ1v) is 10.3. The van der Waals surface area contributed by atoms with Crippen molar-refractivity contribution in [2.24, 2.45) is 0 Å². The van der Waals surface area contributed by atoms with Crippen LogP contribution in [0.3, 0.4) is 0 Å². The van der Waals surface area contributed by atoms with Crippen LogP contribution in [0.15, 0.2) is 42.5 Å². The minimum absolute atomic E-state index is 0.0496. The van der Waals surface area contributed by atoms with Gasteiger partial charge in [0.1, 0.15) is 11.6 Å². The molecule has 0 bridgehead atoms. The molecule has 2 aromatic carbocycles. The van der Waals surface area contributed by atoms with Crippen LogP contribution in [0, 0.1) is 6.92 Å². The molecule has 0 fully saturated rings. The summed E-state index contributed by atoms with van der Waals surface area (Å²) in [6, 6.07) is 13.4. The molecule has 1 atom stereocenters. The number of halogens is 1. The quantitative estimate of drug-likeness (QED) is 0.506. The van der Waals surface area contributed by atoms with E-state index in [1.54, 1.807) is 11.8 Å². The number of carbonyl (C=O) groups is 1. The van der Waals surface area contributed by atoms with Gasteiger partial charge in [0.2, 0.25) is 11.0 Å². The fourth-order valence-electron chi connectivity index (χ4n) is 3.80. The molecule has 0 radical (unpaired) electrons. The van der Waals surface area contributed by atoms with Gasteiger partial charge in [0.05, 0.1) is 23.0 Å². The molecule has 0 saturated carbocycles. The van der Waals surface area contributed by atoms with Gasteiger partial charge in [0, 0.05) is 22.9 Å². The highest BCUT2D eigenvalue weighted by molar-refractivity contribution is 7.20. The molecular weight excluding hydrogens is 408 g/mol. The highest BCUT2D eigenvalue weighted by atomic mass is 35.5. The van der Waals surface area contributed by atoms with Crippen molar-refractivity contribution in [2.45, 2.75) is 19.3 Å². The number of thiazole rings is 1. The van der Waals surface area contributed by atoms with Crippen molar-refractivity contribution in [3.63, 3.8) is 0 Å². The van der Waals surface area contributed by atoms with Gasteiger partial charge in [0.25, 0.3) is 0 Å². The third kappa shape index (κ3) is 3.07. The van der Waals surface area contributed by atoms with E-state index in [4.69, 9.17) is 26.4 Å². The molecule has 0 unspecified atom stereocenters. The second-order valence-electron chi connectivity index (χ2n) is 6.95. The number of fused-ring (bicyclic) bond motifs is 2. The van der Waals surface area contributed by atoms with Crippen LogP contribution in [-0.4, -0.2) is 27.8 Å². The van der Waals surface area contributed by atoms with E-state index in [9.17, 15) is 4.79 Å². The summed E-state index contributed by atoms with van der Waals surface area (Å²) in [4.78, 5) is 17.2. The number of amides is 1. The number of hydrogen-bond acceptors (Lipinski definition) is 5. The molecular formula is C21H17ClN4O2S. The monoisotopic (exact) mass is 424 g/mol.